The summed E-state index contributed by atoms with van der Waals surface area (Å²) in [5, 5.41) is 10.6. The van der Waals surface area contributed by atoms with E-state index in [1.807, 2.05) is 12.1 Å². The molecule has 0 N–H and O–H groups in total. The number of nitrogens with zero attached hydrogens (tertiary/aromatic N) is 1. The van der Waals surface area contributed by atoms with Crippen molar-refractivity contribution in [1.82, 2.24) is 0 Å². The number of hydrogen-bond donors (Lipinski definition) is 0. The van der Waals surface area contributed by atoms with E-state index < -0.39 is 4.92 Å². The molecule has 0 spiro atoms. The molecule has 0 radical (unpaired) electrons. The van der Waals surface area contributed by atoms with E-state index in [1.54, 1.807) is 12.1 Å². The van der Waals surface area contributed by atoms with Crippen LogP contribution < -0.4 is 4.74 Å². The Balaban J connectivity index is 2.11. The first-order valence-corrected chi connectivity index (χ1v) is 7.42. The van der Waals surface area contributed by atoms with Gasteiger partial charge in [-0.05, 0) is 47.4 Å². The molecule has 2 rings (SSSR count). The Morgan fingerprint density at radius 3 is 2.43 bits per heavy atom. The molecule has 110 valence electrons. The summed E-state index contributed by atoms with van der Waals surface area (Å²) in [5.41, 5.74) is 2.12. The van der Waals surface area contributed by atoms with E-state index in [0.29, 0.717) is 12.5 Å². The maximum absolute atomic E-state index is 10.6. The number of hydrogen-bond acceptors (Lipinski definition) is 3. The normalized spacial score (nSPS) is 10.7. The SMILES string of the molecule is CC(C)c1cc(Br)ccc1OCc1ccc([N+](=O)[O-])cc1. The fourth-order valence-corrected chi connectivity index (χ4v) is 2.36. The first-order valence-electron chi connectivity index (χ1n) is 6.63. The monoisotopic (exact) mass is 349 g/mol. The first-order chi connectivity index (χ1) is 9.97. The van der Waals surface area contributed by atoms with Gasteiger partial charge in [0.1, 0.15) is 12.4 Å². The van der Waals surface area contributed by atoms with Gasteiger partial charge in [-0.1, -0.05) is 29.8 Å². The zero-order valence-corrected chi connectivity index (χ0v) is 13.5. The van der Waals surface area contributed by atoms with E-state index in [-0.39, 0.29) is 5.69 Å². The van der Waals surface area contributed by atoms with Crippen molar-refractivity contribution in [2.45, 2.75) is 26.4 Å². The van der Waals surface area contributed by atoms with Crippen LogP contribution in [0.15, 0.2) is 46.9 Å². The number of halogens is 1. The van der Waals surface area contributed by atoms with E-state index in [2.05, 4.69) is 35.8 Å². The summed E-state index contributed by atoms with van der Waals surface area (Å²) in [7, 11) is 0. The Hall–Kier alpha value is -1.88. The maximum atomic E-state index is 10.6. The molecule has 0 unspecified atom stereocenters. The highest BCUT2D eigenvalue weighted by Crippen LogP contribution is 2.30. The predicted molar refractivity (Wildman–Crippen MR) is 85.7 cm³/mol. The Morgan fingerprint density at radius 2 is 1.86 bits per heavy atom. The summed E-state index contributed by atoms with van der Waals surface area (Å²) in [6.45, 7) is 4.61. The lowest BCUT2D eigenvalue weighted by molar-refractivity contribution is -0.384. The van der Waals surface area contributed by atoms with Gasteiger partial charge in [0.05, 0.1) is 4.92 Å². The second kappa shape index (κ2) is 6.72. The van der Waals surface area contributed by atoms with E-state index in [9.17, 15) is 10.1 Å². The third-order valence-electron chi connectivity index (χ3n) is 3.14. The smallest absolute Gasteiger partial charge is 0.269 e. The van der Waals surface area contributed by atoms with Crippen molar-refractivity contribution >= 4 is 21.6 Å². The van der Waals surface area contributed by atoms with Crippen molar-refractivity contribution in [3.63, 3.8) is 0 Å². The molecule has 0 atom stereocenters. The van der Waals surface area contributed by atoms with Crippen LogP contribution in [0.4, 0.5) is 5.69 Å². The number of nitro groups is 1. The lowest BCUT2D eigenvalue weighted by atomic mass is 10.0. The lowest BCUT2D eigenvalue weighted by Gasteiger charge is -2.14. The molecule has 5 heteroatoms. The van der Waals surface area contributed by atoms with Gasteiger partial charge in [-0.25, -0.2) is 0 Å². The highest BCUT2D eigenvalue weighted by molar-refractivity contribution is 9.10. The van der Waals surface area contributed by atoms with Crippen LogP contribution in [0.1, 0.15) is 30.9 Å². The largest absolute Gasteiger partial charge is 0.489 e. The molecule has 21 heavy (non-hydrogen) atoms. The van der Waals surface area contributed by atoms with Crippen molar-refractivity contribution in [3.05, 3.63) is 68.2 Å². The molecule has 0 aliphatic rings. The number of rotatable bonds is 5. The summed E-state index contributed by atoms with van der Waals surface area (Å²) < 4.78 is 6.87. The summed E-state index contributed by atoms with van der Waals surface area (Å²) in [6, 6.07) is 12.3. The topological polar surface area (TPSA) is 52.4 Å². The summed E-state index contributed by atoms with van der Waals surface area (Å²) in [4.78, 5) is 10.2. The average molecular weight is 350 g/mol. The van der Waals surface area contributed by atoms with E-state index in [4.69, 9.17) is 4.74 Å². The average Bonchev–Trinajstić information content (AvgIpc) is 2.46. The highest BCUT2D eigenvalue weighted by Gasteiger charge is 2.09. The zero-order chi connectivity index (χ0) is 15.4. The van der Waals surface area contributed by atoms with Gasteiger partial charge < -0.3 is 4.74 Å². The molecule has 0 heterocycles. The molecule has 2 aromatic rings. The van der Waals surface area contributed by atoms with Gasteiger partial charge in [-0.2, -0.15) is 0 Å². The molecule has 0 bridgehead atoms. The van der Waals surface area contributed by atoms with Crippen LogP contribution in [0.3, 0.4) is 0 Å². The Labute approximate surface area is 132 Å². The lowest BCUT2D eigenvalue weighted by Crippen LogP contribution is -2.00. The second-order valence-corrected chi connectivity index (χ2v) is 5.96. The molecule has 0 aliphatic carbocycles. The highest BCUT2D eigenvalue weighted by atomic mass is 79.9. The number of nitro benzene ring substituents is 1. The third-order valence-corrected chi connectivity index (χ3v) is 3.63. The summed E-state index contributed by atoms with van der Waals surface area (Å²) in [6.07, 6.45) is 0. The standard InChI is InChI=1S/C16H16BrNO3/c1-11(2)15-9-13(17)5-8-16(15)21-10-12-3-6-14(7-4-12)18(19)20/h3-9,11H,10H2,1-2H3. The Morgan fingerprint density at radius 1 is 1.19 bits per heavy atom. The van der Waals surface area contributed by atoms with Crippen molar-refractivity contribution < 1.29 is 9.66 Å². The van der Waals surface area contributed by atoms with Crippen LogP contribution in [-0.2, 0) is 6.61 Å². The van der Waals surface area contributed by atoms with Gasteiger partial charge in [0.2, 0.25) is 0 Å². The molecule has 4 nitrogen and oxygen atoms in total. The second-order valence-electron chi connectivity index (χ2n) is 5.05. The number of non-ortho nitro benzene ring substituents is 1. The van der Waals surface area contributed by atoms with Crippen molar-refractivity contribution in [3.8, 4) is 5.75 Å². The predicted octanol–water partition coefficient (Wildman–Crippen LogP) is 5.06. The van der Waals surface area contributed by atoms with E-state index >= 15 is 0 Å². The van der Waals surface area contributed by atoms with Crippen molar-refractivity contribution in [2.24, 2.45) is 0 Å². The van der Waals surface area contributed by atoms with Crippen LogP contribution >= 0.6 is 15.9 Å². The van der Waals surface area contributed by atoms with E-state index in [0.717, 1.165) is 21.3 Å². The van der Waals surface area contributed by atoms with Crippen molar-refractivity contribution in [1.29, 1.82) is 0 Å². The Bertz CT molecular complexity index is 638. The fourth-order valence-electron chi connectivity index (χ4n) is 1.98. The molecule has 0 saturated carbocycles. The minimum Gasteiger partial charge on any atom is -0.489 e. The number of benzene rings is 2. The molecular weight excluding hydrogens is 334 g/mol. The van der Waals surface area contributed by atoms with Gasteiger partial charge in [0, 0.05) is 16.6 Å². The molecule has 0 aromatic heterocycles. The summed E-state index contributed by atoms with van der Waals surface area (Å²) >= 11 is 3.46. The fraction of sp³-hybridized carbons (Fsp3) is 0.250. The van der Waals surface area contributed by atoms with Crippen LogP contribution in [0, 0.1) is 10.1 Å². The molecule has 2 aromatic carbocycles. The van der Waals surface area contributed by atoms with Crippen LogP contribution in [0.2, 0.25) is 0 Å². The van der Waals surface area contributed by atoms with Crippen molar-refractivity contribution in [2.75, 3.05) is 0 Å². The van der Waals surface area contributed by atoms with E-state index in [1.165, 1.54) is 12.1 Å². The van der Waals surface area contributed by atoms with Gasteiger partial charge in [-0.3, -0.25) is 10.1 Å². The zero-order valence-electron chi connectivity index (χ0n) is 11.9. The molecular formula is C16H16BrNO3. The maximum Gasteiger partial charge on any atom is 0.269 e. The Kier molecular flexibility index (Phi) is 4.96. The van der Waals surface area contributed by atoms with Gasteiger partial charge in [0.25, 0.3) is 5.69 Å². The third kappa shape index (κ3) is 4.04. The van der Waals surface area contributed by atoms with Gasteiger partial charge in [-0.15, -0.1) is 0 Å². The minimum absolute atomic E-state index is 0.0882. The first kappa shape index (κ1) is 15.5. The van der Waals surface area contributed by atoms with Gasteiger partial charge >= 0.3 is 0 Å². The van der Waals surface area contributed by atoms with Crippen LogP contribution in [0.25, 0.3) is 0 Å². The van der Waals surface area contributed by atoms with Gasteiger partial charge in [0.15, 0.2) is 0 Å². The minimum atomic E-state index is -0.407. The number of ether oxygens (including phenoxy) is 1. The van der Waals surface area contributed by atoms with Crippen LogP contribution in [-0.4, -0.2) is 4.92 Å². The summed E-state index contributed by atoms with van der Waals surface area (Å²) in [5.74, 6) is 1.20. The molecule has 0 fully saturated rings. The molecule has 0 aliphatic heterocycles. The molecule has 0 saturated heterocycles. The van der Waals surface area contributed by atoms with Crippen LogP contribution in [0.5, 0.6) is 5.75 Å². The quantitative estimate of drug-likeness (QED) is 0.559. The molecule has 0 amide bonds.